The summed E-state index contributed by atoms with van der Waals surface area (Å²) in [6.07, 6.45) is 2.85. The lowest BCUT2D eigenvalue weighted by Crippen LogP contribution is -2.41. The van der Waals surface area contributed by atoms with Gasteiger partial charge >= 0.3 is 0 Å². The largest absolute Gasteiger partial charge is 0.493 e. The van der Waals surface area contributed by atoms with Gasteiger partial charge in [0.25, 0.3) is 11.8 Å². The molecule has 1 aromatic heterocycles. The lowest BCUT2D eigenvalue weighted by molar-refractivity contribution is 0.0848. The second-order valence-corrected chi connectivity index (χ2v) is 7.28. The van der Waals surface area contributed by atoms with Gasteiger partial charge in [-0.25, -0.2) is 0 Å². The first kappa shape index (κ1) is 20.8. The number of carbonyl (C=O) groups excluding carboxylic acids is 2. The zero-order valence-electron chi connectivity index (χ0n) is 16.2. The van der Waals surface area contributed by atoms with Gasteiger partial charge in [0.05, 0.1) is 18.6 Å². The highest BCUT2D eigenvalue weighted by atomic mass is 32.1. The molecule has 1 heterocycles. The smallest absolute Gasteiger partial charge is 0.279 e. The number of unbranched alkanes of at least 4 members (excludes halogenated alkanes) is 1. The van der Waals surface area contributed by atoms with Gasteiger partial charge in [0, 0.05) is 10.4 Å². The van der Waals surface area contributed by atoms with Crippen molar-refractivity contribution in [3.05, 3.63) is 45.1 Å². The maximum absolute atomic E-state index is 12.3. The Bertz CT molecular complexity index is 801. The molecule has 0 saturated carbocycles. The number of nitrogens with one attached hydrogen (secondary N) is 2. The Labute approximate surface area is 163 Å². The molecule has 27 heavy (non-hydrogen) atoms. The summed E-state index contributed by atoms with van der Waals surface area (Å²) >= 11 is 1.41. The van der Waals surface area contributed by atoms with Crippen LogP contribution in [0.5, 0.6) is 11.5 Å². The second kappa shape index (κ2) is 9.97. The van der Waals surface area contributed by atoms with Crippen LogP contribution in [0.1, 0.15) is 57.2 Å². The number of benzene rings is 1. The normalized spacial score (nSPS) is 10.4. The van der Waals surface area contributed by atoms with Crippen LogP contribution in [0.2, 0.25) is 0 Å². The van der Waals surface area contributed by atoms with Crippen molar-refractivity contribution in [3.63, 3.8) is 0 Å². The molecule has 0 atom stereocenters. The van der Waals surface area contributed by atoms with Crippen LogP contribution in [-0.2, 0) is 6.42 Å². The highest BCUT2D eigenvalue weighted by Crippen LogP contribution is 2.28. The fourth-order valence-corrected chi connectivity index (χ4v) is 3.49. The summed E-state index contributed by atoms with van der Waals surface area (Å²) < 4.78 is 11.0. The van der Waals surface area contributed by atoms with Gasteiger partial charge in [-0.2, -0.15) is 0 Å². The van der Waals surface area contributed by atoms with E-state index >= 15 is 0 Å². The molecule has 146 valence electrons. The van der Waals surface area contributed by atoms with Gasteiger partial charge in [-0.3, -0.25) is 20.4 Å². The molecule has 2 amide bonds. The Hall–Kier alpha value is -2.54. The van der Waals surface area contributed by atoms with E-state index in [1.165, 1.54) is 18.4 Å². The average molecular weight is 391 g/mol. The van der Waals surface area contributed by atoms with Crippen LogP contribution in [-0.4, -0.2) is 25.5 Å². The van der Waals surface area contributed by atoms with E-state index in [1.54, 1.807) is 18.2 Å². The molecule has 0 spiro atoms. The Morgan fingerprint density at radius 2 is 1.81 bits per heavy atom. The van der Waals surface area contributed by atoms with Crippen molar-refractivity contribution in [2.45, 2.75) is 40.0 Å². The molecule has 0 fully saturated rings. The van der Waals surface area contributed by atoms with Crippen LogP contribution in [0, 0.1) is 6.92 Å². The summed E-state index contributed by atoms with van der Waals surface area (Å²) in [7, 11) is 1.52. The predicted octanol–water partition coefficient (Wildman–Crippen LogP) is 3.88. The molecular formula is C20H26N2O4S. The molecule has 0 saturated heterocycles. The number of hydrogen-bond acceptors (Lipinski definition) is 5. The quantitative estimate of drug-likeness (QED) is 0.530. The maximum Gasteiger partial charge on any atom is 0.279 e. The lowest BCUT2D eigenvalue weighted by atomic mass is 10.2. The summed E-state index contributed by atoms with van der Waals surface area (Å²) in [6.45, 7) is 6.70. The summed E-state index contributed by atoms with van der Waals surface area (Å²) in [5.74, 6) is 0.313. The van der Waals surface area contributed by atoms with E-state index in [2.05, 4.69) is 17.8 Å². The number of carbonyl (C=O) groups is 2. The molecule has 2 aromatic rings. The minimum atomic E-state index is -0.425. The highest BCUT2D eigenvalue weighted by Gasteiger charge is 2.15. The van der Waals surface area contributed by atoms with Crippen molar-refractivity contribution in [2.24, 2.45) is 0 Å². The van der Waals surface area contributed by atoms with Gasteiger partial charge in [0.15, 0.2) is 11.5 Å². The van der Waals surface area contributed by atoms with E-state index in [0.717, 1.165) is 29.7 Å². The maximum atomic E-state index is 12.3. The van der Waals surface area contributed by atoms with E-state index in [1.807, 2.05) is 19.9 Å². The molecule has 1 aromatic carbocycles. The number of aryl methyl sites for hydroxylation is 2. The van der Waals surface area contributed by atoms with E-state index < -0.39 is 5.91 Å². The van der Waals surface area contributed by atoms with Crippen LogP contribution < -0.4 is 20.3 Å². The minimum absolute atomic E-state index is 0.331. The first-order valence-corrected chi connectivity index (χ1v) is 9.82. The number of hydrogen-bond donors (Lipinski definition) is 2. The number of amides is 2. The van der Waals surface area contributed by atoms with Crippen molar-refractivity contribution in [1.29, 1.82) is 0 Å². The number of methoxy groups -OCH3 is 1. The third kappa shape index (κ3) is 5.47. The van der Waals surface area contributed by atoms with Crippen LogP contribution in [0.3, 0.4) is 0 Å². The lowest BCUT2D eigenvalue weighted by Gasteiger charge is -2.12. The van der Waals surface area contributed by atoms with Crippen LogP contribution in [0.25, 0.3) is 0 Å². The van der Waals surface area contributed by atoms with Crippen molar-refractivity contribution in [3.8, 4) is 11.5 Å². The molecule has 0 radical (unpaired) electrons. The number of rotatable bonds is 8. The topological polar surface area (TPSA) is 76.7 Å². The third-order valence-corrected chi connectivity index (χ3v) is 5.19. The SMILES string of the molecule is CCCCOc1ccc(C(=O)NNC(=O)c2cc(CC)c(C)s2)cc1OC. The van der Waals surface area contributed by atoms with Crippen LogP contribution >= 0.6 is 11.3 Å². The minimum Gasteiger partial charge on any atom is -0.493 e. The fraction of sp³-hybridized carbons (Fsp3) is 0.400. The van der Waals surface area contributed by atoms with Crippen molar-refractivity contribution >= 4 is 23.2 Å². The molecule has 0 bridgehead atoms. The molecule has 2 rings (SSSR count). The third-order valence-electron chi connectivity index (χ3n) is 4.10. The summed E-state index contributed by atoms with van der Waals surface area (Å²) in [6, 6.07) is 6.78. The molecule has 0 aliphatic carbocycles. The van der Waals surface area contributed by atoms with Gasteiger partial charge in [0.2, 0.25) is 0 Å². The molecular weight excluding hydrogens is 364 g/mol. The molecule has 0 unspecified atom stereocenters. The van der Waals surface area contributed by atoms with E-state index in [-0.39, 0.29) is 5.91 Å². The van der Waals surface area contributed by atoms with Gasteiger partial charge in [-0.05, 0) is 49.6 Å². The van der Waals surface area contributed by atoms with Crippen molar-refractivity contribution in [2.75, 3.05) is 13.7 Å². The average Bonchev–Trinajstić information content (AvgIpc) is 3.07. The Kier molecular flexibility index (Phi) is 7.67. The van der Waals surface area contributed by atoms with E-state index in [4.69, 9.17) is 9.47 Å². The van der Waals surface area contributed by atoms with Crippen molar-refractivity contribution < 1.29 is 19.1 Å². The first-order chi connectivity index (χ1) is 13.0. The van der Waals surface area contributed by atoms with E-state index in [0.29, 0.717) is 28.5 Å². The van der Waals surface area contributed by atoms with Crippen LogP contribution in [0.15, 0.2) is 24.3 Å². The highest BCUT2D eigenvalue weighted by molar-refractivity contribution is 7.14. The number of ether oxygens (including phenoxy) is 2. The summed E-state index contributed by atoms with van der Waals surface area (Å²) in [4.78, 5) is 26.2. The van der Waals surface area contributed by atoms with Gasteiger partial charge in [-0.15, -0.1) is 11.3 Å². The molecule has 2 N–H and O–H groups in total. The number of hydrazine groups is 1. The molecule has 7 heteroatoms. The Balaban J connectivity index is 1.99. The molecule has 0 aliphatic heterocycles. The zero-order valence-corrected chi connectivity index (χ0v) is 17.0. The summed E-state index contributed by atoms with van der Waals surface area (Å²) in [5.41, 5.74) is 6.40. The zero-order chi connectivity index (χ0) is 19.8. The predicted molar refractivity (Wildman–Crippen MR) is 107 cm³/mol. The van der Waals surface area contributed by atoms with Gasteiger partial charge in [0.1, 0.15) is 0 Å². The van der Waals surface area contributed by atoms with E-state index in [9.17, 15) is 9.59 Å². The molecule has 0 aliphatic rings. The van der Waals surface area contributed by atoms with Gasteiger partial charge < -0.3 is 9.47 Å². The second-order valence-electron chi connectivity index (χ2n) is 6.02. The monoisotopic (exact) mass is 390 g/mol. The summed E-state index contributed by atoms with van der Waals surface area (Å²) in [5, 5.41) is 0. The molecule has 6 nitrogen and oxygen atoms in total. The fourth-order valence-electron chi connectivity index (χ4n) is 2.48. The standard InChI is InChI=1S/C20H26N2O4S/c1-5-7-10-26-16-9-8-15(11-17(16)25-4)19(23)21-22-20(24)18-12-14(6-2)13(3)27-18/h8-9,11-12H,5-7,10H2,1-4H3,(H,21,23)(H,22,24). The van der Waals surface area contributed by atoms with Crippen molar-refractivity contribution in [1.82, 2.24) is 10.9 Å². The Morgan fingerprint density at radius 3 is 2.44 bits per heavy atom. The number of thiophene rings is 1. The Morgan fingerprint density at radius 1 is 1.07 bits per heavy atom. The van der Waals surface area contributed by atoms with Gasteiger partial charge in [-0.1, -0.05) is 20.3 Å². The van der Waals surface area contributed by atoms with Crippen LogP contribution in [0.4, 0.5) is 0 Å². The first-order valence-electron chi connectivity index (χ1n) is 9.00.